The molecular formula is C17H18N6O. The van der Waals surface area contributed by atoms with Gasteiger partial charge in [-0.15, -0.1) is 5.10 Å². The normalized spacial score (nSPS) is 16.9. The topological polar surface area (TPSA) is 79.7 Å². The number of carbonyl (C=O) groups is 1. The fourth-order valence-electron chi connectivity index (χ4n) is 3.13. The Hall–Kier alpha value is -2.96. The first kappa shape index (κ1) is 14.6. The summed E-state index contributed by atoms with van der Waals surface area (Å²) >= 11 is 0. The molecule has 1 aromatic carbocycles. The monoisotopic (exact) mass is 322 g/mol. The van der Waals surface area contributed by atoms with Crippen LogP contribution in [0, 0.1) is 0 Å². The smallest absolute Gasteiger partial charge is 0.276 e. The molecule has 0 aliphatic carbocycles. The molecule has 3 heterocycles. The zero-order valence-electron chi connectivity index (χ0n) is 13.4. The average molecular weight is 322 g/mol. The highest BCUT2D eigenvalue weighted by molar-refractivity contribution is 5.92. The van der Waals surface area contributed by atoms with Crippen LogP contribution in [-0.4, -0.2) is 42.5 Å². The van der Waals surface area contributed by atoms with Crippen molar-refractivity contribution < 1.29 is 4.79 Å². The summed E-state index contributed by atoms with van der Waals surface area (Å²) in [4.78, 5) is 14.5. The first-order chi connectivity index (χ1) is 11.7. The lowest BCUT2D eigenvalue weighted by Crippen LogP contribution is -2.37. The molecule has 7 nitrogen and oxygen atoms in total. The Labute approximate surface area is 139 Å². The highest BCUT2D eigenvalue weighted by Gasteiger charge is 2.28. The molecule has 0 saturated heterocycles. The van der Waals surface area contributed by atoms with E-state index in [2.05, 4.69) is 27.4 Å². The summed E-state index contributed by atoms with van der Waals surface area (Å²) in [6.07, 6.45) is 3.50. The summed E-state index contributed by atoms with van der Waals surface area (Å²) in [6, 6.07) is 9.99. The van der Waals surface area contributed by atoms with Crippen LogP contribution in [0.25, 0.3) is 0 Å². The zero-order chi connectivity index (χ0) is 16.5. The minimum atomic E-state index is -0.0898. The number of hydrogen-bond acceptors (Lipinski definition) is 4. The van der Waals surface area contributed by atoms with Gasteiger partial charge in [0.15, 0.2) is 5.69 Å². The summed E-state index contributed by atoms with van der Waals surface area (Å²) in [5, 5.41) is 15.2. The van der Waals surface area contributed by atoms with Crippen LogP contribution in [0.4, 0.5) is 0 Å². The van der Waals surface area contributed by atoms with Crippen molar-refractivity contribution in [1.82, 2.24) is 30.1 Å². The standard InChI is InChI=1S/C17H18N6O/c1-12-8-22(10-14-7-18-20-16(12)14)17(24)15-11-23(21-19-15)9-13-5-3-2-4-6-13/h2-7,11-12H,8-10H2,1H3,(H,18,20)/t12-/m1/s1. The van der Waals surface area contributed by atoms with Crippen LogP contribution >= 0.6 is 0 Å². The molecule has 0 bridgehead atoms. The molecule has 1 amide bonds. The van der Waals surface area contributed by atoms with Crippen molar-refractivity contribution in [2.45, 2.75) is 25.9 Å². The predicted octanol–water partition coefficient (Wildman–Crippen LogP) is 1.81. The number of nitrogens with zero attached hydrogens (tertiary/aromatic N) is 5. The summed E-state index contributed by atoms with van der Waals surface area (Å²) in [7, 11) is 0. The first-order valence-corrected chi connectivity index (χ1v) is 7.96. The third kappa shape index (κ3) is 2.68. The molecule has 1 aliphatic rings. The number of amides is 1. The van der Waals surface area contributed by atoms with Crippen molar-refractivity contribution in [3.05, 3.63) is 65.2 Å². The largest absolute Gasteiger partial charge is 0.332 e. The van der Waals surface area contributed by atoms with Gasteiger partial charge in [0, 0.05) is 30.3 Å². The van der Waals surface area contributed by atoms with Gasteiger partial charge in [0.1, 0.15) is 0 Å². The number of aromatic amines is 1. The van der Waals surface area contributed by atoms with E-state index in [1.165, 1.54) is 0 Å². The van der Waals surface area contributed by atoms with Crippen molar-refractivity contribution in [1.29, 1.82) is 0 Å². The first-order valence-electron chi connectivity index (χ1n) is 7.96. The van der Waals surface area contributed by atoms with E-state index in [1.807, 2.05) is 30.3 Å². The molecule has 0 radical (unpaired) electrons. The number of aromatic nitrogens is 5. The fraction of sp³-hybridized carbons (Fsp3) is 0.294. The van der Waals surface area contributed by atoms with E-state index in [9.17, 15) is 4.79 Å². The molecule has 122 valence electrons. The van der Waals surface area contributed by atoms with E-state index in [-0.39, 0.29) is 11.8 Å². The summed E-state index contributed by atoms with van der Waals surface area (Å²) < 4.78 is 1.69. The zero-order valence-corrected chi connectivity index (χ0v) is 13.4. The maximum Gasteiger partial charge on any atom is 0.276 e. The van der Waals surface area contributed by atoms with Crippen LogP contribution in [0.15, 0.2) is 42.7 Å². The van der Waals surface area contributed by atoms with E-state index in [1.54, 1.807) is 22.0 Å². The molecule has 1 N–H and O–H groups in total. The number of rotatable bonds is 3. The van der Waals surface area contributed by atoms with Crippen molar-refractivity contribution in [3.63, 3.8) is 0 Å². The van der Waals surface area contributed by atoms with Crippen LogP contribution in [0.2, 0.25) is 0 Å². The number of nitrogens with one attached hydrogen (secondary N) is 1. The third-order valence-electron chi connectivity index (χ3n) is 4.33. The number of carbonyl (C=O) groups excluding carboxylic acids is 1. The molecule has 24 heavy (non-hydrogen) atoms. The number of H-pyrrole nitrogens is 1. The van der Waals surface area contributed by atoms with Gasteiger partial charge in [-0.05, 0) is 5.56 Å². The van der Waals surface area contributed by atoms with Gasteiger partial charge < -0.3 is 4.90 Å². The van der Waals surface area contributed by atoms with Gasteiger partial charge in [-0.1, -0.05) is 42.5 Å². The lowest BCUT2D eigenvalue weighted by atomic mass is 9.98. The summed E-state index contributed by atoms with van der Waals surface area (Å²) in [6.45, 7) is 3.90. The van der Waals surface area contributed by atoms with E-state index in [0.29, 0.717) is 25.3 Å². The van der Waals surface area contributed by atoms with Crippen LogP contribution in [-0.2, 0) is 13.1 Å². The minimum Gasteiger partial charge on any atom is -0.332 e. The Morgan fingerprint density at radius 3 is 3.00 bits per heavy atom. The second-order valence-corrected chi connectivity index (χ2v) is 6.18. The van der Waals surface area contributed by atoms with E-state index >= 15 is 0 Å². The molecule has 1 atom stereocenters. The lowest BCUT2D eigenvalue weighted by Gasteiger charge is -2.29. The molecule has 3 aromatic rings. The third-order valence-corrected chi connectivity index (χ3v) is 4.33. The number of benzene rings is 1. The Bertz CT molecular complexity index is 853. The van der Waals surface area contributed by atoms with Crippen molar-refractivity contribution in [2.24, 2.45) is 0 Å². The van der Waals surface area contributed by atoms with Gasteiger partial charge in [-0.2, -0.15) is 5.10 Å². The highest BCUT2D eigenvalue weighted by Crippen LogP contribution is 2.26. The number of fused-ring (bicyclic) bond motifs is 1. The van der Waals surface area contributed by atoms with E-state index < -0.39 is 0 Å². The molecule has 0 unspecified atom stereocenters. The molecule has 2 aromatic heterocycles. The second kappa shape index (κ2) is 5.92. The fourth-order valence-corrected chi connectivity index (χ4v) is 3.13. The molecule has 4 rings (SSSR count). The maximum atomic E-state index is 12.7. The molecule has 0 saturated carbocycles. The van der Waals surface area contributed by atoms with Gasteiger partial charge in [0.2, 0.25) is 0 Å². The van der Waals surface area contributed by atoms with Gasteiger partial charge >= 0.3 is 0 Å². The van der Waals surface area contributed by atoms with Crippen molar-refractivity contribution >= 4 is 5.91 Å². The van der Waals surface area contributed by atoms with Crippen LogP contribution in [0.5, 0.6) is 0 Å². The molecule has 7 heteroatoms. The van der Waals surface area contributed by atoms with Gasteiger partial charge in [-0.25, -0.2) is 4.68 Å². The Morgan fingerprint density at radius 1 is 1.33 bits per heavy atom. The predicted molar refractivity (Wildman–Crippen MR) is 87.3 cm³/mol. The average Bonchev–Trinajstić information content (AvgIpc) is 3.24. The van der Waals surface area contributed by atoms with Crippen molar-refractivity contribution in [3.8, 4) is 0 Å². The van der Waals surface area contributed by atoms with Crippen LogP contribution in [0.3, 0.4) is 0 Å². The maximum absolute atomic E-state index is 12.7. The van der Waals surface area contributed by atoms with Crippen LogP contribution in [0.1, 0.15) is 40.2 Å². The SMILES string of the molecule is C[C@@H]1CN(C(=O)c2cn(Cc3ccccc3)nn2)Cc2cn[nH]c21. The van der Waals surface area contributed by atoms with Crippen molar-refractivity contribution in [2.75, 3.05) is 6.54 Å². The molecule has 1 aliphatic heterocycles. The minimum absolute atomic E-state index is 0.0898. The highest BCUT2D eigenvalue weighted by atomic mass is 16.2. The lowest BCUT2D eigenvalue weighted by molar-refractivity contribution is 0.0714. The quantitative estimate of drug-likeness (QED) is 0.797. The molecule has 0 fully saturated rings. The number of hydrogen-bond donors (Lipinski definition) is 1. The van der Waals surface area contributed by atoms with Gasteiger partial charge in [0.25, 0.3) is 5.91 Å². The van der Waals surface area contributed by atoms with E-state index in [0.717, 1.165) is 16.8 Å². The Balaban J connectivity index is 1.50. The summed E-state index contributed by atoms with van der Waals surface area (Å²) in [5.41, 5.74) is 3.69. The van der Waals surface area contributed by atoms with E-state index in [4.69, 9.17) is 0 Å². The van der Waals surface area contributed by atoms with Gasteiger partial charge in [-0.3, -0.25) is 9.89 Å². The van der Waals surface area contributed by atoms with Crippen LogP contribution < -0.4 is 0 Å². The molecule has 0 spiro atoms. The Kier molecular flexibility index (Phi) is 3.60. The van der Waals surface area contributed by atoms with Gasteiger partial charge in [0.05, 0.1) is 18.9 Å². The molecular weight excluding hydrogens is 304 g/mol. The Morgan fingerprint density at radius 2 is 2.17 bits per heavy atom. The second-order valence-electron chi connectivity index (χ2n) is 6.18. The summed E-state index contributed by atoms with van der Waals surface area (Å²) in [5.74, 6) is 0.146.